The molecule has 3 N–H and O–H groups in total. The van der Waals surface area contributed by atoms with Crippen molar-refractivity contribution in [2.75, 3.05) is 11.9 Å². The SMILES string of the molecule is O=C(O)CNc1cc(Cl)c(-c2cccc3c(-c4ccccc4)c(O)ccc23)c(Cl)c1. The number of carboxylic acids is 1. The fourth-order valence-corrected chi connectivity index (χ4v) is 4.27. The number of aliphatic carboxylic acids is 1. The monoisotopic (exact) mass is 437 g/mol. The van der Waals surface area contributed by atoms with Gasteiger partial charge in [0, 0.05) is 16.8 Å². The highest BCUT2D eigenvalue weighted by Crippen LogP contribution is 2.44. The van der Waals surface area contributed by atoms with Crippen LogP contribution >= 0.6 is 23.2 Å². The van der Waals surface area contributed by atoms with Crippen molar-refractivity contribution in [3.05, 3.63) is 82.8 Å². The summed E-state index contributed by atoms with van der Waals surface area (Å²) in [7, 11) is 0. The van der Waals surface area contributed by atoms with Crippen LogP contribution in [0.25, 0.3) is 33.0 Å². The second kappa shape index (κ2) is 8.27. The van der Waals surface area contributed by atoms with Crippen LogP contribution < -0.4 is 5.32 Å². The quantitative estimate of drug-likeness (QED) is 0.325. The highest BCUT2D eigenvalue weighted by molar-refractivity contribution is 6.40. The van der Waals surface area contributed by atoms with Crippen molar-refractivity contribution in [1.29, 1.82) is 0 Å². The molecule has 150 valence electrons. The van der Waals surface area contributed by atoms with E-state index in [1.165, 1.54) is 0 Å². The molecule has 0 aliphatic heterocycles. The lowest BCUT2D eigenvalue weighted by molar-refractivity contribution is -0.134. The first-order chi connectivity index (χ1) is 14.5. The summed E-state index contributed by atoms with van der Waals surface area (Å²) < 4.78 is 0. The Morgan fingerprint density at radius 1 is 0.833 bits per heavy atom. The van der Waals surface area contributed by atoms with E-state index in [0.717, 1.165) is 27.5 Å². The summed E-state index contributed by atoms with van der Waals surface area (Å²) >= 11 is 13.1. The van der Waals surface area contributed by atoms with Gasteiger partial charge in [-0.1, -0.05) is 77.8 Å². The normalized spacial score (nSPS) is 10.9. The number of aromatic hydroxyl groups is 1. The molecular formula is C24H17Cl2NO3. The second-order valence-electron chi connectivity index (χ2n) is 6.79. The molecule has 0 atom stereocenters. The summed E-state index contributed by atoms with van der Waals surface area (Å²) in [6.45, 7) is -0.236. The molecule has 30 heavy (non-hydrogen) atoms. The first-order valence-corrected chi connectivity index (χ1v) is 9.96. The average Bonchev–Trinajstić information content (AvgIpc) is 2.72. The van der Waals surface area contributed by atoms with Gasteiger partial charge in [-0.3, -0.25) is 4.79 Å². The standard InChI is InChI=1S/C24H17Cl2NO3/c25-19-11-15(27-13-22(29)30)12-20(26)24(19)18-8-4-7-17-16(18)9-10-21(28)23(17)14-5-2-1-3-6-14/h1-12,27-28H,13H2,(H,29,30). The fourth-order valence-electron chi connectivity index (χ4n) is 3.58. The van der Waals surface area contributed by atoms with Crippen molar-refractivity contribution in [2.24, 2.45) is 0 Å². The number of anilines is 1. The van der Waals surface area contributed by atoms with E-state index in [9.17, 15) is 9.90 Å². The summed E-state index contributed by atoms with van der Waals surface area (Å²) in [5.41, 5.74) is 3.64. The van der Waals surface area contributed by atoms with Gasteiger partial charge in [-0.05, 0) is 40.1 Å². The van der Waals surface area contributed by atoms with E-state index in [0.29, 0.717) is 21.3 Å². The van der Waals surface area contributed by atoms with E-state index in [1.807, 2.05) is 54.6 Å². The summed E-state index contributed by atoms with van der Waals surface area (Å²) in [6.07, 6.45) is 0. The molecule has 0 aliphatic carbocycles. The largest absolute Gasteiger partial charge is 0.507 e. The number of hydrogen-bond donors (Lipinski definition) is 3. The molecule has 4 rings (SSSR count). The van der Waals surface area contributed by atoms with Crippen molar-refractivity contribution in [3.8, 4) is 28.0 Å². The van der Waals surface area contributed by atoms with E-state index < -0.39 is 5.97 Å². The van der Waals surface area contributed by atoms with Gasteiger partial charge >= 0.3 is 5.97 Å². The molecule has 0 unspecified atom stereocenters. The number of phenolic OH excluding ortho intramolecular Hbond substituents is 1. The Balaban J connectivity index is 1.90. The van der Waals surface area contributed by atoms with Crippen molar-refractivity contribution in [2.45, 2.75) is 0 Å². The molecule has 6 heteroatoms. The van der Waals surface area contributed by atoms with Crippen molar-refractivity contribution in [3.63, 3.8) is 0 Å². The molecule has 0 heterocycles. The smallest absolute Gasteiger partial charge is 0.322 e. The number of hydrogen-bond acceptors (Lipinski definition) is 3. The lowest BCUT2D eigenvalue weighted by Gasteiger charge is -2.16. The third kappa shape index (κ3) is 3.80. The van der Waals surface area contributed by atoms with E-state index in [-0.39, 0.29) is 12.3 Å². The van der Waals surface area contributed by atoms with Crippen LogP contribution in [0.3, 0.4) is 0 Å². The van der Waals surface area contributed by atoms with E-state index in [2.05, 4.69) is 5.32 Å². The minimum Gasteiger partial charge on any atom is -0.507 e. The molecule has 0 amide bonds. The van der Waals surface area contributed by atoms with Crippen LogP contribution in [0.5, 0.6) is 5.75 Å². The van der Waals surface area contributed by atoms with Gasteiger partial charge in [0.2, 0.25) is 0 Å². The number of fused-ring (bicyclic) bond motifs is 1. The van der Waals surface area contributed by atoms with Crippen LogP contribution in [0.2, 0.25) is 10.0 Å². The van der Waals surface area contributed by atoms with E-state index >= 15 is 0 Å². The van der Waals surface area contributed by atoms with Crippen molar-refractivity contribution >= 4 is 45.6 Å². The Morgan fingerprint density at radius 2 is 1.53 bits per heavy atom. The fraction of sp³-hybridized carbons (Fsp3) is 0.0417. The van der Waals surface area contributed by atoms with E-state index in [4.69, 9.17) is 28.3 Å². The summed E-state index contributed by atoms with van der Waals surface area (Å²) in [4.78, 5) is 10.8. The van der Waals surface area contributed by atoms with Gasteiger partial charge in [-0.2, -0.15) is 0 Å². The number of halogens is 2. The topological polar surface area (TPSA) is 69.6 Å². The average molecular weight is 438 g/mol. The van der Waals surface area contributed by atoms with Gasteiger partial charge in [0.15, 0.2) is 0 Å². The Hall–Kier alpha value is -3.21. The van der Waals surface area contributed by atoms with Gasteiger partial charge in [0.05, 0.1) is 10.0 Å². The molecule has 0 saturated carbocycles. The minimum absolute atomic E-state index is 0.191. The zero-order valence-electron chi connectivity index (χ0n) is 15.7. The van der Waals surface area contributed by atoms with Gasteiger partial charge in [-0.15, -0.1) is 0 Å². The molecule has 0 spiro atoms. The predicted octanol–water partition coefficient (Wildman–Crippen LogP) is 6.68. The summed E-state index contributed by atoms with van der Waals surface area (Å²) in [6, 6.07) is 22.3. The third-order valence-corrected chi connectivity index (χ3v) is 5.45. The number of carboxylic acid groups (broad SMARTS) is 1. The maximum absolute atomic E-state index is 10.8. The van der Waals surface area contributed by atoms with Crippen LogP contribution in [-0.2, 0) is 4.79 Å². The Morgan fingerprint density at radius 3 is 2.20 bits per heavy atom. The molecule has 0 aliphatic rings. The number of phenols is 1. The number of rotatable bonds is 5. The lowest BCUT2D eigenvalue weighted by Crippen LogP contribution is -2.12. The minimum atomic E-state index is -0.978. The molecule has 0 fully saturated rings. The van der Waals surface area contributed by atoms with Crippen molar-refractivity contribution in [1.82, 2.24) is 0 Å². The molecule has 4 aromatic rings. The molecular weight excluding hydrogens is 421 g/mol. The highest BCUT2D eigenvalue weighted by Gasteiger charge is 2.17. The van der Waals surface area contributed by atoms with Gasteiger partial charge in [-0.25, -0.2) is 0 Å². The first kappa shape index (κ1) is 20.1. The van der Waals surface area contributed by atoms with Crippen LogP contribution in [0.4, 0.5) is 5.69 Å². The van der Waals surface area contributed by atoms with Crippen LogP contribution in [0, 0.1) is 0 Å². The predicted molar refractivity (Wildman–Crippen MR) is 123 cm³/mol. The first-order valence-electron chi connectivity index (χ1n) is 9.21. The molecule has 4 aromatic carbocycles. The highest BCUT2D eigenvalue weighted by atomic mass is 35.5. The number of benzene rings is 4. The number of nitrogens with one attached hydrogen (secondary N) is 1. The van der Waals surface area contributed by atoms with Gasteiger partial charge in [0.1, 0.15) is 12.3 Å². The Labute approximate surface area is 183 Å². The Kier molecular flexibility index (Phi) is 5.53. The third-order valence-electron chi connectivity index (χ3n) is 4.86. The maximum atomic E-state index is 10.8. The lowest BCUT2D eigenvalue weighted by atomic mass is 9.92. The zero-order valence-corrected chi connectivity index (χ0v) is 17.2. The second-order valence-corrected chi connectivity index (χ2v) is 7.60. The zero-order chi connectivity index (χ0) is 21.3. The number of carbonyl (C=O) groups is 1. The van der Waals surface area contributed by atoms with Crippen LogP contribution in [0.15, 0.2) is 72.8 Å². The maximum Gasteiger partial charge on any atom is 0.322 e. The van der Waals surface area contributed by atoms with E-state index in [1.54, 1.807) is 18.2 Å². The molecule has 0 radical (unpaired) electrons. The Bertz CT molecular complexity index is 1230. The summed E-state index contributed by atoms with van der Waals surface area (Å²) in [5, 5.41) is 24.8. The molecule has 0 bridgehead atoms. The van der Waals surface area contributed by atoms with Crippen molar-refractivity contribution < 1.29 is 15.0 Å². The van der Waals surface area contributed by atoms with Gasteiger partial charge < -0.3 is 15.5 Å². The van der Waals surface area contributed by atoms with Crippen LogP contribution in [0.1, 0.15) is 0 Å². The van der Waals surface area contributed by atoms with Gasteiger partial charge in [0.25, 0.3) is 0 Å². The molecule has 4 nitrogen and oxygen atoms in total. The summed E-state index contributed by atoms with van der Waals surface area (Å²) in [5.74, 6) is -0.787. The van der Waals surface area contributed by atoms with Crippen LogP contribution in [-0.4, -0.2) is 22.7 Å². The molecule has 0 aromatic heterocycles. The molecule has 0 saturated heterocycles.